The van der Waals surface area contributed by atoms with E-state index in [4.69, 9.17) is 0 Å². The van der Waals surface area contributed by atoms with E-state index in [2.05, 4.69) is 48.5 Å². The lowest BCUT2D eigenvalue weighted by molar-refractivity contribution is 0.463. The summed E-state index contributed by atoms with van der Waals surface area (Å²) >= 11 is 0. The summed E-state index contributed by atoms with van der Waals surface area (Å²) in [6, 6.07) is 3.92. The van der Waals surface area contributed by atoms with Gasteiger partial charge in [0.1, 0.15) is 5.75 Å². The third-order valence-electron chi connectivity index (χ3n) is 3.63. The maximum absolute atomic E-state index is 10.1. The van der Waals surface area contributed by atoms with Gasteiger partial charge in [0.25, 0.3) is 0 Å². The van der Waals surface area contributed by atoms with Crippen molar-refractivity contribution in [1.82, 2.24) is 0 Å². The molecule has 0 heterocycles. The predicted octanol–water partition coefficient (Wildman–Crippen LogP) is 5.33. The van der Waals surface area contributed by atoms with Gasteiger partial charge in [-0.25, -0.2) is 0 Å². The molecule has 19 heavy (non-hydrogen) atoms. The van der Waals surface area contributed by atoms with Gasteiger partial charge in [0.15, 0.2) is 0 Å². The monoisotopic (exact) mass is 262 g/mol. The van der Waals surface area contributed by atoms with Crippen LogP contribution in [-0.4, -0.2) is 5.11 Å². The van der Waals surface area contributed by atoms with Gasteiger partial charge >= 0.3 is 0 Å². The van der Waals surface area contributed by atoms with Crippen LogP contribution in [0.4, 0.5) is 0 Å². The molecule has 0 aliphatic rings. The van der Waals surface area contributed by atoms with E-state index in [1.807, 2.05) is 12.1 Å². The van der Waals surface area contributed by atoms with Crippen LogP contribution in [-0.2, 0) is 17.3 Å². The largest absolute Gasteiger partial charge is 0.508 e. The molecule has 0 saturated heterocycles. The Balaban J connectivity index is 3.49. The highest BCUT2D eigenvalue weighted by Gasteiger charge is 2.26. The van der Waals surface area contributed by atoms with Gasteiger partial charge in [-0.2, -0.15) is 0 Å². The zero-order valence-electron chi connectivity index (χ0n) is 13.7. The number of phenols is 1. The molecule has 0 saturated carbocycles. The van der Waals surface area contributed by atoms with E-state index in [0.717, 1.165) is 6.42 Å². The minimum Gasteiger partial charge on any atom is -0.508 e. The van der Waals surface area contributed by atoms with Gasteiger partial charge in [0.2, 0.25) is 0 Å². The topological polar surface area (TPSA) is 20.2 Å². The second-order valence-corrected chi connectivity index (χ2v) is 7.62. The van der Waals surface area contributed by atoms with Crippen LogP contribution in [0.5, 0.6) is 5.75 Å². The van der Waals surface area contributed by atoms with E-state index in [-0.39, 0.29) is 10.8 Å². The van der Waals surface area contributed by atoms with Crippen LogP contribution >= 0.6 is 0 Å². The van der Waals surface area contributed by atoms with Crippen molar-refractivity contribution in [2.24, 2.45) is 0 Å². The van der Waals surface area contributed by atoms with Crippen LogP contribution in [0.3, 0.4) is 0 Å². The SMILES string of the molecule is CCCCc1c(C(C)(C)C)cc(O)cc1C(C)(C)C. The molecule has 0 amide bonds. The van der Waals surface area contributed by atoms with Crippen molar-refractivity contribution in [1.29, 1.82) is 0 Å². The molecule has 1 heteroatoms. The number of hydrogen-bond donors (Lipinski definition) is 1. The molecule has 0 aromatic heterocycles. The van der Waals surface area contributed by atoms with Crippen molar-refractivity contribution in [2.75, 3.05) is 0 Å². The first-order valence-electron chi connectivity index (χ1n) is 7.44. The Bertz CT molecular complexity index is 395. The minimum absolute atomic E-state index is 0.0712. The first kappa shape index (κ1) is 16.1. The van der Waals surface area contributed by atoms with Crippen molar-refractivity contribution in [3.05, 3.63) is 28.8 Å². The Morgan fingerprint density at radius 1 is 0.895 bits per heavy atom. The molecule has 0 spiro atoms. The molecule has 0 unspecified atom stereocenters. The normalized spacial score (nSPS) is 12.8. The molecule has 108 valence electrons. The van der Waals surface area contributed by atoms with Crippen molar-refractivity contribution in [3.8, 4) is 5.75 Å². The summed E-state index contributed by atoms with van der Waals surface area (Å²) in [7, 11) is 0. The lowest BCUT2D eigenvalue weighted by atomic mass is 9.75. The number of hydrogen-bond acceptors (Lipinski definition) is 1. The number of phenolic OH excluding ortho intramolecular Hbond substituents is 1. The maximum atomic E-state index is 10.1. The molecule has 0 aliphatic heterocycles. The van der Waals surface area contributed by atoms with Gasteiger partial charge < -0.3 is 5.11 Å². The van der Waals surface area contributed by atoms with Crippen molar-refractivity contribution in [3.63, 3.8) is 0 Å². The molecule has 1 aromatic carbocycles. The second-order valence-electron chi connectivity index (χ2n) is 7.62. The Kier molecular flexibility index (Phi) is 4.71. The zero-order valence-corrected chi connectivity index (χ0v) is 13.7. The molecule has 0 aliphatic carbocycles. The highest BCUT2D eigenvalue weighted by molar-refractivity contribution is 5.47. The third kappa shape index (κ3) is 3.99. The molecule has 0 fully saturated rings. The van der Waals surface area contributed by atoms with Gasteiger partial charge in [-0.15, -0.1) is 0 Å². The van der Waals surface area contributed by atoms with Crippen LogP contribution in [0, 0.1) is 0 Å². The third-order valence-corrected chi connectivity index (χ3v) is 3.63. The highest BCUT2D eigenvalue weighted by atomic mass is 16.3. The summed E-state index contributed by atoms with van der Waals surface area (Å²) in [5.74, 6) is 0.398. The van der Waals surface area contributed by atoms with Gasteiger partial charge in [-0.05, 0) is 52.5 Å². The molecule has 1 nitrogen and oxygen atoms in total. The van der Waals surface area contributed by atoms with E-state index in [1.165, 1.54) is 29.5 Å². The summed E-state index contributed by atoms with van der Waals surface area (Å²) in [4.78, 5) is 0. The van der Waals surface area contributed by atoms with Gasteiger partial charge in [-0.1, -0.05) is 54.9 Å². The summed E-state index contributed by atoms with van der Waals surface area (Å²) < 4.78 is 0. The lowest BCUT2D eigenvalue weighted by Gasteiger charge is -2.30. The lowest BCUT2D eigenvalue weighted by Crippen LogP contribution is -2.21. The number of benzene rings is 1. The van der Waals surface area contributed by atoms with Gasteiger partial charge in [0.05, 0.1) is 0 Å². The average Bonchev–Trinajstić information content (AvgIpc) is 2.23. The fourth-order valence-corrected chi connectivity index (χ4v) is 2.62. The fraction of sp³-hybridized carbons (Fsp3) is 0.667. The first-order chi connectivity index (χ1) is 8.57. The van der Waals surface area contributed by atoms with Crippen LogP contribution in [0.15, 0.2) is 12.1 Å². The van der Waals surface area contributed by atoms with Crippen molar-refractivity contribution >= 4 is 0 Å². The first-order valence-corrected chi connectivity index (χ1v) is 7.44. The van der Waals surface area contributed by atoms with E-state index in [0.29, 0.717) is 5.75 Å². The second kappa shape index (κ2) is 5.56. The Morgan fingerprint density at radius 3 is 1.63 bits per heavy atom. The Morgan fingerprint density at radius 2 is 1.32 bits per heavy atom. The number of unbranched alkanes of at least 4 members (excludes halogenated alkanes) is 1. The van der Waals surface area contributed by atoms with Crippen LogP contribution in [0.2, 0.25) is 0 Å². The average molecular weight is 262 g/mol. The maximum Gasteiger partial charge on any atom is 0.116 e. The minimum atomic E-state index is 0.0712. The van der Waals surface area contributed by atoms with E-state index >= 15 is 0 Å². The Hall–Kier alpha value is -0.980. The van der Waals surface area contributed by atoms with Gasteiger partial charge in [-0.3, -0.25) is 0 Å². The highest BCUT2D eigenvalue weighted by Crippen LogP contribution is 2.37. The van der Waals surface area contributed by atoms with Crippen molar-refractivity contribution < 1.29 is 5.11 Å². The predicted molar refractivity (Wildman–Crippen MR) is 84.1 cm³/mol. The summed E-state index contributed by atoms with van der Waals surface area (Å²) in [5, 5.41) is 10.1. The zero-order chi connectivity index (χ0) is 14.8. The van der Waals surface area contributed by atoms with E-state index < -0.39 is 0 Å². The molecule has 0 atom stereocenters. The molecular formula is C18H30O. The standard InChI is InChI=1S/C18H30O/c1-8-9-10-14-15(17(2,3)4)11-13(19)12-16(14)18(5,6)7/h11-12,19H,8-10H2,1-7H3. The molecule has 1 N–H and O–H groups in total. The van der Waals surface area contributed by atoms with E-state index in [9.17, 15) is 5.11 Å². The number of aromatic hydroxyl groups is 1. The fourth-order valence-electron chi connectivity index (χ4n) is 2.62. The summed E-state index contributed by atoms with van der Waals surface area (Å²) in [5.41, 5.74) is 4.18. The number of rotatable bonds is 3. The van der Waals surface area contributed by atoms with E-state index in [1.54, 1.807) is 0 Å². The van der Waals surface area contributed by atoms with Gasteiger partial charge in [0, 0.05) is 0 Å². The molecule has 1 rings (SSSR count). The molecule has 0 bridgehead atoms. The van der Waals surface area contributed by atoms with Crippen LogP contribution < -0.4 is 0 Å². The Labute approximate surface area is 119 Å². The molecular weight excluding hydrogens is 232 g/mol. The van der Waals surface area contributed by atoms with Crippen LogP contribution in [0.1, 0.15) is 78.0 Å². The summed E-state index contributed by atoms with van der Waals surface area (Å²) in [6.45, 7) is 15.6. The smallest absolute Gasteiger partial charge is 0.116 e. The van der Waals surface area contributed by atoms with Crippen LogP contribution in [0.25, 0.3) is 0 Å². The molecule has 1 aromatic rings. The quantitative estimate of drug-likeness (QED) is 0.780. The molecule has 0 radical (unpaired) electrons. The van der Waals surface area contributed by atoms with Crippen molar-refractivity contribution in [2.45, 2.75) is 78.6 Å². The summed E-state index contributed by atoms with van der Waals surface area (Å²) in [6.07, 6.45) is 3.51.